The van der Waals surface area contributed by atoms with E-state index in [1.165, 1.54) is 0 Å². The zero-order chi connectivity index (χ0) is 15.1. The maximum Gasteiger partial charge on any atom is 0.268 e. The largest absolute Gasteiger partial charge is 0.453 e. The predicted molar refractivity (Wildman–Crippen MR) is 86.9 cm³/mol. The van der Waals surface area contributed by atoms with E-state index in [1.54, 1.807) is 26.0 Å². The highest BCUT2D eigenvalue weighted by Crippen LogP contribution is 2.33. The van der Waals surface area contributed by atoms with Crippen LogP contribution in [0.15, 0.2) is 30.8 Å². The fourth-order valence-corrected chi connectivity index (χ4v) is 2.84. The van der Waals surface area contributed by atoms with Gasteiger partial charge in [0.15, 0.2) is 4.67 Å². The molecule has 22 heavy (non-hydrogen) atoms. The molecule has 0 bridgehead atoms. The normalized spacial score (nSPS) is 10.9. The number of hydrogen-bond donors (Lipinski definition) is 4. The van der Waals surface area contributed by atoms with Crippen molar-refractivity contribution < 1.29 is 4.42 Å². The summed E-state index contributed by atoms with van der Waals surface area (Å²) < 4.78 is 6.14. The van der Waals surface area contributed by atoms with Crippen LogP contribution in [0.4, 0.5) is 0 Å². The van der Waals surface area contributed by atoms with Crippen LogP contribution in [0.5, 0.6) is 0 Å². The van der Waals surface area contributed by atoms with Gasteiger partial charge < -0.3 is 14.6 Å². The topological polar surface area (TPSA) is 110 Å². The van der Waals surface area contributed by atoms with Crippen LogP contribution in [0, 0.1) is 13.8 Å². The Balaban J connectivity index is 0.00000176. The van der Waals surface area contributed by atoms with Crippen LogP contribution in [-0.2, 0) is 0 Å². The maximum atomic E-state index is 12.1. The summed E-state index contributed by atoms with van der Waals surface area (Å²) in [7, 11) is 0. The van der Waals surface area contributed by atoms with Gasteiger partial charge in [0.1, 0.15) is 5.76 Å². The SMILES string of the molecule is Cc1[nH][nH]c(=O)c1C(c1ccc(Br)o1)c1c(C)[nH][nH]c1=O.Cl. The van der Waals surface area contributed by atoms with Gasteiger partial charge >= 0.3 is 0 Å². The highest BCUT2D eigenvalue weighted by atomic mass is 79.9. The highest BCUT2D eigenvalue weighted by molar-refractivity contribution is 9.10. The molecule has 0 fully saturated rings. The Hall–Kier alpha value is -1.93. The molecule has 0 atom stereocenters. The third kappa shape index (κ3) is 2.59. The summed E-state index contributed by atoms with van der Waals surface area (Å²) in [5.74, 6) is -0.0652. The first kappa shape index (κ1) is 16.4. The molecule has 0 aromatic carbocycles. The van der Waals surface area contributed by atoms with Crippen molar-refractivity contribution in [3.05, 3.63) is 65.8 Å². The van der Waals surface area contributed by atoms with Crippen molar-refractivity contribution in [3.63, 3.8) is 0 Å². The number of hydrogen-bond acceptors (Lipinski definition) is 3. The Labute approximate surface area is 139 Å². The van der Waals surface area contributed by atoms with E-state index < -0.39 is 5.92 Å². The van der Waals surface area contributed by atoms with E-state index in [4.69, 9.17) is 4.42 Å². The molecule has 0 amide bonds. The summed E-state index contributed by atoms with van der Waals surface area (Å²) >= 11 is 3.25. The lowest BCUT2D eigenvalue weighted by Crippen LogP contribution is -2.19. The highest BCUT2D eigenvalue weighted by Gasteiger charge is 2.30. The summed E-state index contributed by atoms with van der Waals surface area (Å²) in [4.78, 5) is 24.2. The Morgan fingerprint density at radius 3 is 1.77 bits per heavy atom. The summed E-state index contributed by atoms with van der Waals surface area (Å²) in [6.45, 7) is 3.54. The number of aromatic nitrogens is 4. The molecule has 4 N–H and O–H groups in total. The number of nitrogens with one attached hydrogen (secondary N) is 4. The number of aryl methyl sites for hydroxylation is 2. The van der Waals surface area contributed by atoms with Crippen molar-refractivity contribution in [2.75, 3.05) is 0 Å². The molecule has 0 radical (unpaired) electrons. The first-order chi connectivity index (χ1) is 9.99. The standard InChI is InChI=1S/C13H13BrN4O3.ClH/c1-5-9(12(19)17-15-5)11(7-3-4-8(14)21-7)10-6(2)16-18-13(10)20;/h3-4,11H,1-2H3,(H2,15,17,19)(H2,16,18,20);1H. The van der Waals surface area contributed by atoms with Crippen molar-refractivity contribution >= 4 is 28.3 Å². The van der Waals surface area contributed by atoms with Gasteiger partial charge in [0.05, 0.1) is 17.0 Å². The van der Waals surface area contributed by atoms with Crippen molar-refractivity contribution in [1.29, 1.82) is 0 Å². The molecule has 3 aromatic rings. The number of H-pyrrole nitrogens is 4. The monoisotopic (exact) mass is 388 g/mol. The van der Waals surface area contributed by atoms with Crippen LogP contribution >= 0.6 is 28.3 Å². The molecule has 3 heterocycles. The quantitative estimate of drug-likeness (QED) is 0.551. The number of furan rings is 1. The first-order valence-electron chi connectivity index (χ1n) is 6.28. The molecule has 0 unspecified atom stereocenters. The fraction of sp³-hybridized carbons (Fsp3) is 0.231. The zero-order valence-corrected chi connectivity index (χ0v) is 14.1. The van der Waals surface area contributed by atoms with Gasteiger partial charge in [-0.2, -0.15) is 0 Å². The number of halogens is 2. The summed E-state index contributed by atoms with van der Waals surface area (Å²) in [5.41, 5.74) is 1.71. The Morgan fingerprint density at radius 1 is 0.955 bits per heavy atom. The fourth-order valence-electron chi connectivity index (χ4n) is 2.52. The van der Waals surface area contributed by atoms with E-state index in [9.17, 15) is 9.59 Å². The van der Waals surface area contributed by atoms with Crippen molar-refractivity contribution in [3.8, 4) is 0 Å². The molecular weight excluding hydrogens is 376 g/mol. The van der Waals surface area contributed by atoms with Gasteiger partial charge in [-0.25, -0.2) is 0 Å². The van der Waals surface area contributed by atoms with E-state index in [-0.39, 0.29) is 23.5 Å². The van der Waals surface area contributed by atoms with Gasteiger partial charge in [-0.05, 0) is 41.9 Å². The molecule has 0 spiro atoms. The smallest absolute Gasteiger partial charge is 0.268 e. The average Bonchev–Trinajstić information content (AvgIpc) is 3.09. The number of aromatic amines is 4. The molecule has 0 aliphatic carbocycles. The molecule has 0 saturated carbocycles. The molecule has 0 aliphatic rings. The van der Waals surface area contributed by atoms with Crippen LogP contribution in [0.25, 0.3) is 0 Å². The zero-order valence-electron chi connectivity index (χ0n) is 11.7. The second-order valence-electron chi connectivity index (χ2n) is 4.81. The predicted octanol–water partition coefficient (Wildman–Crippen LogP) is 2.29. The second-order valence-corrected chi connectivity index (χ2v) is 5.59. The summed E-state index contributed by atoms with van der Waals surface area (Å²) in [6, 6.07) is 3.47. The Morgan fingerprint density at radius 2 is 1.45 bits per heavy atom. The van der Waals surface area contributed by atoms with Crippen LogP contribution in [0.1, 0.15) is 34.2 Å². The summed E-state index contributed by atoms with van der Waals surface area (Å²) in [5, 5.41) is 10.6. The van der Waals surface area contributed by atoms with Gasteiger partial charge in [-0.1, -0.05) is 0 Å². The average molecular weight is 390 g/mol. The molecule has 118 valence electrons. The molecular formula is C13H14BrClN4O3. The lowest BCUT2D eigenvalue weighted by atomic mass is 9.89. The number of rotatable bonds is 3. The van der Waals surface area contributed by atoms with Crippen LogP contribution in [-0.4, -0.2) is 20.4 Å². The van der Waals surface area contributed by atoms with Gasteiger partial charge in [0.2, 0.25) is 0 Å². The van der Waals surface area contributed by atoms with E-state index in [0.717, 1.165) is 0 Å². The molecule has 3 aromatic heterocycles. The van der Waals surface area contributed by atoms with Crippen LogP contribution in [0.3, 0.4) is 0 Å². The molecule has 3 rings (SSSR count). The minimum Gasteiger partial charge on any atom is -0.453 e. The maximum absolute atomic E-state index is 12.1. The van der Waals surface area contributed by atoms with Crippen molar-refractivity contribution in [2.24, 2.45) is 0 Å². The van der Waals surface area contributed by atoms with Crippen molar-refractivity contribution in [2.45, 2.75) is 19.8 Å². The molecule has 0 aliphatic heterocycles. The van der Waals surface area contributed by atoms with Crippen molar-refractivity contribution in [1.82, 2.24) is 20.4 Å². The van der Waals surface area contributed by atoms with E-state index in [0.29, 0.717) is 32.9 Å². The lowest BCUT2D eigenvalue weighted by molar-refractivity contribution is 0.480. The third-order valence-corrected chi connectivity index (χ3v) is 3.91. The van der Waals surface area contributed by atoms with Gasteiger partial charge in [0.25, 0.3) is 11.1 Å². The van der Waals surface area contributed by atoms with Crippen LogP contribution < -0.4 is 11.1 Å². The molecule has 7 nitrogen and oxygen atoms in total. The van der Waals surface area contributed by atoms with E-state index in [1.807, 2.05) is 0 Å². The molecule has 0 saturated heterocycles. The van der Waals surface area contributed by atoms with Crippen LogP contribution in [0.2, 0.25) is 0 Å². The Kier molecular flexibility index (Phi) is 4.52. The Bertz CT molecular complexity index is 847. The van der Waals surface area contributed by atoms with E-state index in [2.05, 4.69) is 36.3 Å². The van der Waals surface area contributed by atoms with Gasteiger partial charge in [-0.15, -0.1) is 12.4 Å². The minimum absolute atomic E-state index is 0. The second kappa shape index (κ2) is 6.05. The third-order valence-electron chi connectivity index (χ3n) is 3.48. The lowest BCUT2D eigenvalue weighted by Gasteiger charge is -2.12. The minimum atomic E-state index is -0.582. The first-order valence-corrected chi connectivity index (χ1v) is 7.08. The van der Waals surface area contributed by atoms with E-state index >= 15 is 0 Å². The molecule has 9 heteroatoms. The van der Waals surface area contributed by atoms with Gasteiger partial charge in [0, 0.05) is 11.4 Å². The summed E-state index contributed by atoms with van der Waals surface area (Å²) in [6.07, 6.45) is 0. The van der Waals surface area contributed by atoms with Gasteiger partial charge in [-0.3, -0.25) is 19.8 Å².